The molecule has 4 saturated carbocycles. The van der Waals surface area contributed by atoms with Crippen molar-refractivity contribution < 1.29 is 4.79 Å². The predicted molar refractivity (Wildman–Crippen MR) is 95.6 cm³/mol. The minimum absolute atomic E-state index is 0.0957. The van der Waals surface area contributed by atoms with E-state index in [1.807, 2.05) is 6.08 Å². The van der Waals surface area contributed by atoms with E-state index >= 15 is 0 Å². The van der Waals surface area contributed by atoms with Crippen molar-refractivity contribution in [1.29, 1.82) is 0 Å². The quantitative estimate of drug-likeness (QED) is 0.762. The Morgan fingerprint density at radius 2 is 1.75 bits per heavy atom. The molecule has 0 aromatic heterocycles. The van der Waals surface area contributed by atoms with E-state index in [1.165, 1.54) is 43.2 Å². The maximum absolute atomic E-state index is 13.4. The van der Waals surface area contributed by atoms with Crippen molar-refractivity contribution >= 4 is 5.91 Å². The Labute approximate surface area is 144 Å². The molecule has 0 N–H and O–H groups in total. The highest BCUT2D eigenvalue weighted by Crippen LogP contribution is 2.55. The molecule has 0 spiro atoms. The second-order valence-electron chi connectivity index (χ2n) is 8.66. The molecule has 0 heterocycles. The smallest absolute Gasteiger partial charge is 0.231 e. The summed E-state index contributed by atoms with van der Waals surface area (Å²) in [6.45, 7) is 4.68. The fourth-order valence-electron chi connectivity index (χ4n) is 6.58. The molecular weight excluding hydrogens is 294 g/mol. The van der Waals surface area contributed by atoms with Crippen LogP contribution in [0.1, 0.15) is 49.1 Å². The molecule has 2 nitrogen and oxygen atoms in total. The summed E-state index contributed by atoms with van der Waals surface area (Å²) in [4.78, 5) is 15.6. The Bertz CT molecular complexity index is 650. The van der Waals surface area contributed by atoms with E-state index in [-0.39, 0.29) is 5.92 Å². The van der Waals surface area contributed by atoms with E-state index in [0.29, 0.717) is 11.9 Å². The van der Waals surface area contributed by atoms with Crippen LogP contribution < -0.4 is 0 Å². The number of carbonyl (C=O) groups excluding carboxylic acids is 1. The predicted octanol–water partition coefficient (Wildman–Crippen LogP) is 4.17. The summed E-state index contributed by atoms with van der Waals surface area (Å²) in [7, 11) is 0. The molecule has 1 aromatic rings. The average Bonchev–Trinajstić information content (AvgIpc) is 2.54. The standard InChI is InChI=1S/C22H27NO/c1-2-7-23(22(24)20-13-16-5-3-4-6-19(16)20)21-17-9-14-8-15(11-17)12-18(21)10-14/h2-6,14-15,17-18,20-21H,1,7-13H2. The van der Waals surface area contributed by atoms with Gasteiger partial charge >= 0.3 is 0 Å². The zero-order chi connectivity index (χ0) is 16.3. The van der Waals surface area contributed by atoms with Crippen molar-refractivity contribution in [3.8, 4) is 0 Å². The topological polar surface area (TPSA) is 20.3 Å². The highest BCUT2D eigenvalue weighted by molar-refractivity contribution is 5.87. The van der Waals surface area contributed by atoms with Crippen LogP contribution in [-0.4, -0.2) is 23.4 Å². The molecule has 24 heavy (non-hydrogen) atoms. The third-order valence-electron chi connectivity index (χ3n) is 7.30. The molecule has 6 rings (SSSR count). The van der Waals surface area contributed by atoms with Gasteiger partial charge < -0.3 is 4.90 Å². The van der Waals surface area contributed by atoms with Crippen LogP contribution >= 0.6 is 0 Å². The third-order valence-corrected chi connectivity index (χ3v) is 7.30. The maximum Gasteiger partial charge on any atom is 0.231 e. The van der Waals surface area contributed by atoms with E-state index in [1.54, 1.807) is 0 Å². The number of nitrogens with zero attached hydrogens (tertiary/aromatic N) is 1. The van der Waals surface area contributed by atoms with E-state index in [4.69, 9.17) is 0 Å². The molecule has 4 bridgehead atoms. The lowest BCUT2D eigenvalue weighted by Gasteiger charge is -2.57. The van der Waals surface area contributed by atoms with Gasteiger partial charge in [-0.25, -0.2) is 0 Å². The summed E-state index contributed by atoms with van der Waals surface area (Å²) in [5.74, 6) is 3.87. The molecule has 0 aliphatic heterocycles. The molecule has 2 heteroatoms. The number of hydrogen-bond donors (Lipinski definition) is 0. The van der Waals surface area contributed by atoms with Crippen molar-refractivity contribution in [3.05, 3.63) is 48.0 Å². The third kappa shape index (κ3) is 2.11. The van der Waals surface area contributed by atoms with Crippen LogP contribution in [-0.2, 0) is 11.2 Å². The van der Waals surface area contributed by atoms with Crippen molar-refractivity contribution in [2.45, 2.75) is 50.5 Å². The Balaban J connectivity index is 1.41. The van der Waals surface area contributed by atoms with Crippen molar-refractivity contribution in [3.63, 3.8) is 0 Å². The van der Waals surface area contributed by atoms with Crippen LogP contribution in [0.25, 0.3) is 0 Å². The second-order valence-corrected chi connectivity index (χ2v) is 8.66. The highest BCUT2D eigenvalue weighted by Gasteiger charge is 2.51. The fraction of sp³-hybridized carbons (Fsp3) is 0.591. The molecule has 1 atom stereocenters. The number of rotatable bonds is 4. The number of amides is 1. The Kier molecular flexibility index (Phi) is 3.36. The molecular formula is C22H27NO. The lowest BCUT2D eigenvalue weighted by atomic mass is 9.53. The van der Waals surface area contributed by atoms with E-state index in [2.05, 4.69) is 35.7 Å². The summed E-state index contributed by atoms with van der Waals surface area (Å²) in [6.07, 6.45) is 9.77. The van der Waals surface area contributed by atoms with Gasteiger partial charge in [-0.1, -0.05) is 30.3 Å². The molecule has 1 unspecified atom stereocenters. The number of carbonyl (C=O) groups is 1. The highest BCUT2D eigenvalue weighted by atomic mass is 16.2. The van der Waals surface area contributed by atoms with Crippen molar-refractivity contribution in [2.75, 3.05) is 6.54 Å². The number of hydrogen-bond acceptors (Lipinski definition) is 1. The summed E-state index contributed by atoms with van der Waals surface area (Å²) in [5.41, 5.74) is 2.62. The zero-order valence-electron chi connectivity index (χ0n) is 14.4. The van der Waals surface area contributed by atoms with Gasteiger partial charge in [0, 0.05) is 12.6 Å². The van der Waals surface area contributed by atoms with Gasteiger partial charge in [0.2, 0.25) is 5.91 Å². The Hall–Kier alpha value is -1.57. The second kappa shape index (κ2) is 5.47. The van der Waals surface area contributed by atoms with Crippen LogP contribution in [0.2, 0.25) is 0 Å². The summed E-state index contributed by atoms with van der Waals surface area (Å²) >= 11 is 0. The molecule has 1 aromatic carbocycles. The minimum Gasteiger partial charge on any atom is -0.335 e. The Morgan fingerprint density at radius 1 is 1.08 bits per heavy atom. The van der Waals surface area contributed by atoms with Gasteiger partial charge in [0.05, 0.1) is 5.92 Å². The first-order valence-corrected chi connectivity index (χ1v) is 9.73. The van der Waals surface area contributed by atoms with Crippen LogP contribution in [0, 0.1) is 23.7 Å². The molecule has 0 radical (unpaired) electrons. The molecule has 5 aliphatic carbocycles. The van der Waals surface area contributed by atoms with Crippen molar-refractivity contribution in [1.82, 2.24) is 4.90 Å². The van der Waals surface area contributed by atoms with Crippen LogP contribution in [0.4, 0.5) is 0 Å². The van der Waals surface area contributed by atoms with E-state index in [0.717, 1.165) is 36.6 Å². The van der Waals surface area contributed by atoms with Crippen LogP contribution in [0.5, 0.6) is 0 Å². The monoisotopic (exact) mass is 321 g/mol. The Morgan fingerprint density at radius 3 is 2.38 bits per heavy atom. The van der Waals surface area contributed by atoms with E-state index in [9.17, 15) is 4.79 Å². The first-order chi connectivity index (χ1) is 11.7. The minimum atomic E-state index is 0.0957. The van der Waals surface area contributed by atoms with Gasteiger partial charge in [-0.3, -0.25) is 4.79 Å². The maximum atomic E-state index is 13.4. The number of fused-ring (bicyclic) bond motifs is 1. The molecule has 1 amide bonds. The molecule has 4 fully saturated rings. The van der Waals surface area contributed by atoms with Crippen LogP contribution in [0.3, 0.4) is 0 Å². The summed E-state index contributed by atoms with van der Waals surface area (Å²) < 4.78 is 0. The SMILES string of the molecule is C=CCN(C(=O)C1Cc2ccccc21)C1C2CC3CC(C2)CC1C3. The average molecular weight is 321 g/mol. The number of benzene rings is 1. The van der Waals surface area contributed by atoms with Gasteiger partial charge in [-0.2, -0.15) is 0 Å². The summed E-state index contributed by atoms with van der Waals surface area (Å²) in [6, 6.07) is 8.94. The van der Waals surface area contributed by atoms with Gasteiger partial charge in [0.25, 0.3) is 0 Å². The van der Waals surface area contributed by atoms with Gasteiger partial charge in [-0.15, -0.1) is 6.58 Å². The first-order valence-electron chi connectivity index (χ1n) is 9.73. The molecule has 0 saturated heterocycles. The van der Waals surface area contributed by atoms with Gasteiger partial charge in [0.1, 0.15) is 0 Å². The fourth-order valence-corrected chi connectivity index (χ4v) is 6.58. The molecule has 5 aliphatic rings. The summed E-state index contributed by atoms with van der Waals surface area (Å²) in [5, 5.41) is 0. The zero-order valence-corrected chi connectivity index (χ0v) is 14.4. The lowest BCUT2D eigenvalue weighted by Crippen LogP contribution is -2.58. The largest absolute Gasteiger partial charge is 0.335 e. The van der Waals surface area contributed by atoms with Crippen LogP contribution in [0.15, 0.2) is 36.9 Å². The first kappa shape index (κ1) is 14.7. The normalized spacial score (nSPS) is 38.3. The lowest BCUT2D eigenvalue weighted by molar-refractivity contribution is -0.145. The van der Waals surface area contributed by atoms with Gasteiger partial charge in [0.15, 0.2) is 0 Å². The van der Waals surface area contributed by atoms with Crippen molar-refractivity contribution in [2.24, 2.45) is 23.7 Å². The molecule has 126 valence electrons. The van der Waals surface area contributed by atoms with E-state index < -0.39 is 0 Å². The van der Waals surface area contributed by atoms with Gasteiger partial charge in [-0.05, 0) is 73.3 Å².